The molecule has 0 spiro atoms. The molecule has 0 unspecified atom stereocenters. The van der Waals surface area contributed by atoms with Gasteiger partial charge < -0.3 is 9.73 Å². The van der Waals surface area contributed by atoms with Gasteiger partial charge in [0.15, 0.2) is 0 Å². The van der Waals surface area contributed by atoms with Gasteiger partial charge in [0, 0.05) is 17.5 Å². The van der Waals surface area contributed by atoms with Crippen LogP contribution in [0, 0.1) is 6.92 Å². The van der Waals surface area contributed by atoms with Gasteiger partial charge in [0.2, 0.25) is 0 Å². The van der Waals surface area contributed by atoms with E-state index in [-0.39, 0.29) is 7.43 Å². The highest BCUT2D eigenvalue weighted by atomic mass is 16.3. The highest BCUT2D eigenvalue weighted by Crippen LogP contribution is 2.24. The second-order valence-electron chi connectivity index (χ2n) is 3.16. The van der Waals surface area contributed by atoms with Crippen molar-refractivity contribution in [2.75, 3.05) is 7.05 Å². The highest BCUT2D eigenvalue weighted by Gasteiger charge is 2.08. The molecule has 0 saturated heterocycles. The van der Waals surface area contributed by atoms with Gasteiger partial charge in [-0.1, -0.05) is 39.5 Å². The number of benzene rings is 1. The molecule has 0 fully saturated rings. The molecule has 0 aliphatic carbocycles. The van der Waals surface area contributed by atoms with E-state index < -0.39 is 0 Å². The van der Waals surface area contributed by atoms with Crippen LogP contribution < -0.4 is 5.32 Å². The zero-order chi connectivity index (χ0) is 11.3. The summed E-state index contributed by atoms with van der Waals surface area (Å²) in [6, 6.07) is 8.13. The van der Waals surface area contributed by atoms with Gasteiger partial charge in [-0.05, 0) is 20.0 Å². The first kappa shape index (κ1) is 14.7. The summed E-state index contributed by atoms with van der Waals surface area (Å²) < 4.78 is 5.61. The number of aryl methyl sites for hydroxylation is 1. The van der Waals surface area contributed by atoms with E-state index in [4.69, 9.17) is 4.42 Å². The van der Waals surface area contributed by atoms with Gasteiger partial charge in [-0.3, -0.25) is 0 Å². The zero-order valence-electron chi connectivity index (χ0n) is 9.92. The van der Waals surface area contributed by atoms with E-state index in [9.17, 15) is 0 Å². The molecule has 1 aromatic carbocycles. The number of rotatable bonds is 2. The van der Waals surface area contributed by atoms with Gasteiger partial charge in [0.05, 0.1) is 0 Å². The van der Waals surface area contributed by atoms with Crippen LogP contribution in [0.2, 0.25) is 0 Å². The zero-order valence-corrected chi connectivity index (χ0v) is 9.92. The number of para-hydroxylation sites is 1. The van der Waals surface area contributed by atoms with Crippen molar-refractivity contribution in [1.29, 1.82) is 0 Å². The number of fused-ring (bicyclic) bond motifs is 1. The summed E-state index contributed by atoms with van der Waals surface area (Å²) in [4.78, 5) is 0. The fourth-order valence-corrected chi connectivity index (χ4v) is 1.62. The van der Waals surface area contributed by atoms with Crippen LogP contribution in [0.3, 0.4) is 0 Å². The van der Waals surface area contributed by atoms with E-state index >= 15 is 0 Å². The lowest BCUT2D eigenvalue weighted by atomic mass is 10.1. The molecule has 0 bridgehead atoms. The summed E-state index contributed by atoms with van der Waals surface area (Å²) in [6.07, 6.45) is 0. The van der Waals surface area contributed by atoms with Crippen LogP contribution in [0.25, 0.3) is 11.0 Å². The Labute approximate surface area is 98.7 Å². The van der Waals surface area contributed by atoms with Gasteiger partial charge in [0.25, 0.3) is 0 Å². The first-order valence-corrected chi connectivity index (χ1v) is 5.44. The van der Waals surface area contributed by atoms with E-state index in [0.717, 1.165) is 17.9 Å². The van der Waals surface area contributed by atoms with Crippen LogP contribution in [-0.4, -0.2) is 7.05 Å². The van der Waals surface area contributed by atoms with Crippen LogP contribution in [0.15, 0.2) is 28.7 Å². The van der Waals surface area contributed by atoms with Gasteiger partial charge in [-0.15, -0.1) is 0 Å². The normalized spacial score (nSPS) is 9.25. The number of hydrogen-bond donors (Lipinski definition) is 1. The standard InChI is InChI=1S/C11H13NO.C2H6.CH4/c1-8-10(7-12-2)9-5-3-4-6-11(9)13-8;1-2;/h3-6,12H,7H2,1-2H3;1-2H3;1H4. The van der Waals surface area contributed by atoms with Crippen molar-refractivity contribution in [1.82, 2.24) is 5.32 Å². The van der Waals surface area contributed by atoms with Crippen LogP contribution in [0.4, 0.5) is 0 Å². The lowest BCUT2D eigenvalue weighted by Gasteiger charge is -1.96. The van der Waals surface area contributed by atoms with Crippen molar-refractivity contribution < 1.29 is 4.42 Å². The fourth-order valence-electron chi connectivity index (χ4n) is 1.62. The topological polar surface area (TPSA) is 25.2 Å². The van der Waals surface area contributed by atoms with Crippen LogP contribution in [0.5, 0.6) is 0 Å². The van der Waals surface area contributed by atoms with E-state index in [2.05, 4.69) is 11.4 Å². The molecule has 2 heteroatoms. The summed E-state index contributed by atoms with van der Waals surface area (Å²) in [5.74, 6) is 1.01. The molecule has 0 amide bonds. The minimum absolute atomic E-state index is 0. The lowest BCUT2D eigenvalue weighted by molar-refractivity contribution is 0.569. The maximum absolute atomic E-state index is 5.61. The molecule has 0 aliphatic heterocycles. The molecule has 2 rings (SSSR count). The Kier molecular flexibility index (Phi) is 6.50. The molecule has 0 atom stereocenters. The van der Waals surface area contributed by atoms with E-state index in [0.29, 0.717) is 0 Å². The quantitative estimate of drug-likeness (QED) is 0.825. The smallest absolute Gasteiger partial charge is 0.134 e. The van der Waals surface area contributed by atoms with Crippen molar-refractivity contribution in [2.45, 2.75) is 34.7 Å². The molecule has 16 heavy (non-hydrogen) atoms. The van der Waals surface area contributed by atoms with Gasteiger partial charge >= 0.3 is 0 Å². The molecule has 0 aliphatic rings. The maximum atomic E-state index is 5.61. The van der Waals surface area contributed by atoms with E-state index in [1.807, 2.05) is 46.0 Å². The lowest BCUT2D eigenvalue weighted by Crippen LogP contribution is -2.05. The van der Waals surface area contributed by atoms with Crippen LogP contribution in [-0.2, 0) is 6.54 Å². The van der Waals surface area contributed by atoms with Crippen molar-refractivity contribution in [3.8, 4) is 0 Å². The van der Waals surface area contributed by atoms with Crippen molar-refractivity contribution in [3.63, 3.8) is 0 Å². The van der Waals surface area contributed by atoms with Gasteiger partial charge in [-0.25, -0.2) is 0 Å². The Hall–Kier alpha value is -1.28. The molecular formula is C14H23NO. The molecule has 2 aromatic rings. The third-order valence-corrected chi connectivity index (χ3v) is 2.25. The molecule has 0 saturated carbocycles. The number of nitrogens with one attached hydrogen (secondary N) is 1. The Morgan fingerprint density at radius 3 is 2.44 bits per heavy atom. The molecule has 0 radical (unpaired) electrons. The molecule has 90 valence electrons. The largest absolute Gasteiger partial charge is 0.461 e. The third kappa shape index (κ3) is 2.86. The molecular weight excluding hydrogens is 198 g/mol. The van der Waals surface area contributed by atoms with E-state index in [1.165, 1.54) is 10.9 Å². The maximum Gasteiger partial charge on any atom is 0.134 e. The van der Waals surface area contributed by atoms with Crippen molar-refractivity contribution >= 4 is 11.0 Å². The monoisotopic (exact) mass is 221 g/mol. The SMILES string of the molecule is C.CC.CNCc1c(C)oc2ccccc12. The van der Waals surface area contributed by atoms with Crippen molar-refractivity contribution in [2.24, 2.45) is 0 Å². The highest BCUT2D eigenvalue weighted by molar-refractivity contribution is 5.82. The summed E-state index contributed by atoms with van der Waals surface area (Å²) >= 11 is 0. The predicted octanol–water partition coefficient (Wildman–Crippen LogP) is 4.12. The Bertz CT molecular complexity index is 418. The average molecular weight is 221 g/mol. The van der Waals surface area contributed by atoms with Crippen LogP contribution >= 0.6 is 0 Å². The average Bonchev–Trinajstić information content (AvgIpc) is 2.59. The van der Waals surface area contributed by atoms with E-state index in [1.54, 1.807) is 0 Å². The van der Waals surface area contributed by atoms with Gasteiger partial charge in [-0.2, -0.15) is 0 Å². The minimum atomic E-state index is 0. The van der Waals surface area contributed by atoms with Crippen molar-refractivity contribution in [3.05, 3.63) is 35.6 Å². The molecule has 1 aromatic heterocycles. The molecule has 1 N–H and O–H groups in total. The summed E-state index contributed by atoms with van der Waals surface area (Å²) in [6.45, 7) is 6.87. The molecule has 1 heterocycles. The summed E-state index contributed by atoms with van der Waals surface area (Å²) in [5.41, 5.74) is 2.24. The first-order valence-electron chi connectivity index (χ1n) is 5.44. The second-order valence-corrected chi connectivity index (χ2v) is 3.16. The van der Waals surface area contributed by atoms with Crippen LogP contribution in [0.1, 0.15) is 32.6 Å². The minimum Gasteiger partial charge on any atom is -0.461 e. The second kappa shape index (κ2) is 7.07. The Morgan fingerprint density at radius 2 is 1.81 bits per heavy atom. The van der Waals surface area contributed by atoms with Gasteiger partial charge in [0.1, 0.15) is 11.3 Å². The summed E-state index contributed by atoms with van der Waals surface area (Å²) in [5, 5.41) is 4.36. The third-order valence-electron chi connectivity index (χ3n) is 2.25. The number of furan rings is 1. The summed E-state index contributed by atoms with van der Waals surface area (Å²) in [7, 11) is 1.95. The number of hydrogen-bond acceptors (Lipinski definition) is 2. The molecule has 2 nitrogen and oxygen atoms in total. The Balaban J connectivity index is 0.000000711. The Morgan fingerprint density at radius 1 is 1.19 bits per heavy atom. The fraction of sp³-hybridized carbons (Fsp3) is 0.429. The first-order chi connectivity index (χ1) is 7.33. The predicted molar refractivity (Wildman–Crippen MR) is 71.8 cm³/mol.